The minimum atomic E-state index is -0.875. The van der Waals surface area contributed by atoms with Gasteiger partial charge in [0.2, 0.25) is 0 Å². The molecule has 18 heavy (non-hydrogen) atoms. The Morgan fingerprint density at radius 3 is 2.33 bits per heavy atom. The zero-order valence-electron chi connectivity index (χ0n) is 8.98. The summed E-state index contributed by atoms with van der Waals surface area (Å²) in [5.74, 6) is -1.96. The number of hydrogen-bond donors (Lipinski definition) is 0. The molecule has 2 amide bonds. The molecule has 7 heteroatoms. The van der Waals surface area contributed by atoms with E-state index < -0.39 is 17.8 Å². The molecule has 94 valence electrons. The average molecular weight is 288 g/mol. The average Bonchev–Trinajstić information content (AvgIpc) is 2.60. The standard InChI is InChI=1S/C11H7Cl2NO4/c12-6-1-2-7(8(13)5-6)11(17)18-14-9(15)3-4-10(14)16/h1-2,5H,3-4H2. The van der Waals surface area contributed by atoms with E-state index in [-0.39, 0.29) is 23.4 Å². The van der Waals surface area contributed by atoms with Crippen LogP contribution in [0, 0.1) is 0 Å². The molecular weight excluding hydrogens is 281 g/mol. The second-order valence-corrected chi connectivity index (χ2v) is 4.43. The van der Waals surface area contributed by atoms with Gasteiger partial charge >= 0.3 is 5.97 Å². The molecule has 5 nitrogen and oxygen atoms in total. The number of carbonyl (C=O) groups excluding carboxylic acids is 3. The topological polar surface area (TPSA) is 63.7 Å². The number of benzene rings is 1. The quantitative estimate of drug-likeness (QED) is 0.783. The molecule has 0 saturated carbocycles. The zero-order chi connectivity index (χ0) is 13.3. The van der Waals surface area contributed by atoms with Crippen LogP contribution in [0.1, 0.15) is 23.2 Å². The highest BCUT2D eigenvalue weighted by Gasteiger charge is 2.33. The summed E-state index contributed by atoms with van der Waals surface area (Å²) in [6.07, 6.45) is 0.0843. The van der Waals surface area contributed by atoms with Crippen LogP contribution in [0.4, 0.5) is 0 Å². The third-order valence-electron chi connectivity index (χ3n) is 2.33. The molecule has 0 spiro atoms. The molecule has 0 aromatic heterocycles. The van der Waals surface area contributed by atoms with Crippen LogP contribution in [0.3, 0.4) is 0 Å². The Morgan fingerprint density at radius 2 is 1.78 bits per heavy atom. The van der Waals surface area contributed by atoms with Crippen molar-refractivity contribution in [1.82, 2.24) is 5.06 Å². The van der Waals surface area contributed by atoms with Crippen LogP contribution in [0.15, 0.2) is 18.2 Å². The van der Waals surface area contributed by atoms with E-state index in [0.717, 1.165) is 0 Å². The second kappa shape index (κ2) is 4.96. The Bertz CT molecular complexity index is 528. The predicted molar refractivity (Wildman–Crippen MR) is 63.0 cm³/mol. The van der Waals surface area contributed by atoms with Gasteiger partial charge in [0.25, 0.3) is 11.8 Å². The fourth-order valence-corrected chi connectivity index (χ4v) is 1.93. The summed E-state index contributed by atoms with van der Waals surface area (Å²) < 4.78 is 0. The fraction of sp³-hybridized carbons (Fsp3) is 0.182. The highest BCUT2D eigenvalue weighted by atomic mass is 35.5. The highest BCUT2D eigenvalue weighted by Crippen LogP contribution is 2.23. The van der Waals surface area contributed by atoms with Gasteiger partial charge in [-0.25, -0.2) is 4.79 Å². The first-order valence-electron chi connectivity index (χ1n) is 5.02. The Hall–Kier alpha value is -1.59. The van der Waals surface area contributed by atoms with Crippen LogP contribution < -0.4 is 0 Å². The largest absolute Gasteiger partial charge is 0.365 e. The van der Waals surface area contributed by atoms with Crippen LogP contribution in [0.5, 0.6) is 0 Å². The first-order valence-corrected chi connectivity index (χ1v) is 5.78. The van der Waals surface area contributed by atoms with Gasteiger partial charge in [-0.1, -0.05) is 23.2 Å². The monoisotopic (exact) mass is 287 g/mol. The maximum absolute atomic E-state index is 11.7. The third kappa shape index (κ3) is 2.47. The van der Waals surface area contributed by atoms with Gasteiger partial charge in [0.1, 0.15) is 0 Å². The number of rotatable bonds is 2. The van der Waals surface area contributed by atoms with Crippen LogP contribution >= 0.6 is 23.2 Å². The number of carbonyl (C=O) groups is 3. The number of hydroxylamine groups is 2. The Morgan fingerprint density at radius 1 is 1.17 bits per heavy atom. The van der Waals surface area contributed by atoms with Crippen molar-refractivity contribution >= 4 is 41.0 Å². The zero-order valence-corrected chi connectivity index (χ0v) is 10.5. The van der Waals surface area contributed by atoms with Crippen LogP contribution in [-0.2, 0) is 14.4 Å². The van der Waals surface area contributed by atoms with Crippen molar-refractivity contribution in [3.05, 3.63) is 33.8 Å². The lowest BCUT2D eigenvalue weighted by Crippen LogP contribution is -2.32. The fourth-order valence-electron chi connectivity index (χ4n) is 1.44. The summed E-state index contributed by atoms with van der Waals surface area (Å²) in [5.41, 5.74) is 0.0357. The lowest BCUT2D eigenvalue weighted by atomic mass is 10.2. The molecule has 1 fully saturated rings. The van der Waals surface area contributed by atoms with E-state index in [0.29, 0.717) is 10.1 Å². The molecular formula is C11H7Cl2NO4. The van der Waals surface area contributed by atoms with Gasteiger partial charge in [-0.15, -0.1) is 5.06 Å². The van der Waals surface area contributed by atoms with Crippen molar-refractivity contribution in [2.45, 2.75) is 12.8 Å². The molecule has 0 aliphatic carbocycles. The maximum atomic E-state index is 11.7. The van der Waals surface area contributed by atoms with Crippen molar-refractivity contribution in [1.29, 1.82) is 0 Å². The van der Waals surface area contributed by atoms with E-state index in [2.05, 4.69) is 0 Å². The first-order chi connectivity index (χ1) is 8.49. The normalized spacial score (nSPS) is 15.1. The Balaban J connectivity index is 2.17. The first kappa shape index (κ1) is 12.9. The molecule has 0 unspecified atom stereocenters. The van der Waals surface area contributed by atoms with Gasteiger partial charge < -0.3 is 4.84 Å². The summed E-state index contributed by atoms with van der Waals surface area (Å²) in [6, 6.07) is 4.18. The van der Waals surface area contributed by atoms with Gasteiger partial charge in [-0.05, 0) is 18.2 Å². The summed E-state index contributed by atoms with van der Waals surface area (Å²) >= 11 is 11.5. The van der Waals surface area contributed by atoms with Crippen molar-refractivity contribution in [2.75, 3.05) is 0 Å². The molecule has 2 rings (SSSR count). The van der Waals surface area contributed by atoms with Gasteiger partial charge in [0.05, 0.1) is 10.6 Å². The SMILES string of the molecule is O=C(ON1C(=O)CCC1=O)c1ccc(Cl)cc1Cl. The summed E-state index contributed by atoms with van der Waals surface area (Å²) in [4.78, 5) is 39.0. The van der Waals surface area contributed by atoms with Crippen molar-refractivity contribution in [3.63, 3.8) is 0 Å². The van der Waals surface area contributed by atoms with Crippen LogP contribution in [0.25, 0.3) is 0 Å². The number of nitrogens with zero attached hydrogens (tertiary/aromatic N) is 1. The van der Waals surface area contributed by atoms with Gasteiger partial charge in [0.15, 0.2) is 0 Å². The molecule has 1 heterocycles. The molecule has 1 aliphatic heterocycles. The van der Waals surface area contributed by atoms with Crippen molar-refractivity contribution < 1.29 is 19.2 Å². The maximum Gasteiger partial charge on any atom is 0.365 e. The molecule has 0 bridgehead atoms. The molecule has 1 saturated heterocycles. The Labute approximate surface area is 112 Å². The second-order valence-electron chi connectivity index (χ2n) is 3.58. The highest BCUT2D eigenvalue weighted by molar-refractivity contribution is 6.36. The Kier molecular flexibility index (Phi) is 3.54. The van der Waals surface area contributed by atoms with E-state index in [9.17, 15) is 14.4 Å². The van der Waals surface area contributed by atoms with E-state index in [1.54, 1.807) is 0 Å². The van der Waals surface area contributed by atoms with Gasteiger partial charge in [-0.3, -0.25) is 9.59 Å². The molecule has 0 N–H and O–H groups in total. The van der Waals surface area contributed by atoms with E-state index >= 15 is 0 Å². The van der Waals surface area contributed by atoms with E-state index in [1.807, 2.05) is 0 Å². The molecule has 1 aromatic carbocycles. The summed E-state index contributed by atoms with van der Waals surface area (Å²) in [7, 11) is 0. The van der Waals surface area contributed by atoms with Gasteiger partial charge in [-0.2, -0.15) is 0 Å². The lowest BCUT2D eigenvalue weighted by Gasteiger charge is -2.13. The molecule has 0 atom stereocenters. The molecule has 1 aliphatic rings. The van der Waals surface area contributed by atoms with E-state index in [4.69, 9.17) is 28.0 Å². The van der Waals surface area contributed by atoms with E-state index in [1.165, 1.54) is 18.2 Å². The number of halogens is 2. The molecule has 1 aromatic rings. The van der Waals surface area contributed by atoms with Crippen LogP contribution in [-0.4, -0.2) is 22.8 Å². The predicted octanol–water partition coefficient (Wildman–Crippen LogP) is 2.21. The van der Waals surface area contributed by atoms with Gasteiger partial charge in [0, 0.05) is 17.9 Å². The minimum Gasteiger partial charge on any atom is -0.325 e. The summed E-state index contributed by atoms with van der Waals surface area (Å²) in [6.45, 7) is 0. The number of hydrogen-bond acceptors (Lipinski definition) is 4. The number of amides is 2. The minimum absolute atomic E-state index is 0.0357. The molecule has 0 radical (unpaired) electrons. The van der Waals surface area contributed by atoms with Crippen molar-refractivity contribution in [3.8, 4) is 0 Å². The van der Waals surface area contributed by atoms with Crippen molar-refractivity contribution in [2.24, 2.45) is 0 Å². The number of imide groups is 1. The summed E-state index contributed by atoms with van der Waals surface area (Å²) in [5, 5.41) is 0.921. The smallest absolute Gasteiger partial charge is 0.325 e. The lowest BCUT2D eigenvalue weighted by molar-refractivity contribution is -0.172. The third-order valence-corrected chi connectivity index (χ3v) is 2.88. The van der Waals surface area contributed by atoms with Crippen LogP contribution in [0.2, 0.25) is 10.0 Å².